The van der Waals surface area contributed by atoms with Gasteiger partial charge in [0.25, 0.3) is 0 Å². The third kappa shape index (κ3) is 6.56. The number of ether oxygens (including phenoxy) is 1. The van der Waals surface area contributed by atoms with Gasteiger partial charge in [0.2, 0.25) is 15.9 Å². The van der Waals surface area contributed by atoms with Gasteiger partial charge < -0.3 is 10.1 Å². The van der Waals surface area contributed by atoms with Crippen LogP contribution in [0.5, 0.6) is 5.75 Å². The van der Waals surface area contributed by atoms with Crippen LogP contribution < -0.4 is 14.8 Å². The molecule has 6 nitrogen and oxygen atoms in total. The minimum Gasteiger partial charge on any atom is -0.492 e. The van der Waals surface area contributed by atoms with Gasteiger partial charge in [0, 0.05) is 15.2 Å². The molecule has 1 atom stereocenters. The second kappa shape index (κ2) is 11.0. The fourth-order valence-electron chi connectivity index (χ4n) is 3.02. The first-order valence-electron chi connectivity index (χ1n) is 9.83. The van der Waals surface area contributed by atoms with Gasteiger partial charge in [-0.05, 0) is 61.4 Å². The van der Waals surface area contributed by atoms with Crippen LogP contribution in [0.15, 0.2) is 82.2 Å². The highest BCUT2D eigenvalue weighted by atomic mass is 79.9. The Morgan fingerprint density at radius 1 is 1.06 bits per heavy atom. The van der Waals surface area contributed by atoms with Gasteiger partial charge in [0.1, 0.15) is 16.7 Å². The van der Waals surface area contributed by atoms with Crippen LogP contribution >= 0.6 is 27.5 Å². The number of rotatable bonds is 9. The molecule has 168 valence electrons. The summed E-state index contributed by atoms with van der Waals surface area (Å²) >= 11 is 9.39. The van der Waals surface area contributed by atoms with Crippen molar-refractivity contribution in [3.8, 4) is 5.75 Å². The van der Waals surface area contributed by atoms with Crippen LogP contribution in [0.2, 0.25) is 5.02 Å². The van der Waals surface area contributed by atoms with Crippen molar-refractivity contribution in [1.29, 1.82) is 0 Å². The maximum absolute atomic E-state index is 13.2. The molecule has 0 saturated heterocycles. The highest BCUT2D eigenvalue weighted by molar-refractivity contribution is 9.10. The van der Waals surface area contributed by atoms with Crippen LogP contribution in [-0.4, -0.2) is 27.0 Å². The zero-order valence-corrected chi connectivity index (χ0v) is 20.4. The summed E-state index contributed by atoms with van der Waals surface area (Å²) in [7, 11) is -4.13. The van der Waals surface area contributed by atoms with Crippen molar-refractivity contribution >= 4 is 49.1 Å². The molecule has 9 heteroatoms. The van der Waals surface area contributed by atoms with Gasteiger partial charge in [0.05, 0.1) is 6.61 Å². The maximum Gasteiger partial charge on any atom is 0.245 e. The highest BCUT2D eigenvalue weighted by Gasteiger charge is 2.28. The van der Waals surface area contributed by atoms with E-state index in [9.17, 15) is 13.2 Å². The van der Waals surface area contributed by atoms with Crippen molar-refractivity contribution in [2.45, 2.75) is 24.3 Å². The lowest BCUT2D eigenvalue weighted by atomic mass is 10.1. The lowest BCUT2D eigenvalue weighted by molar-refractivity contribution is -0.117. The second-order valence-corrected chi connectivity index (χ2v) is 9.92. The average molecular weight is 538 g/mol. The molecule has 3 aromatic rings. The molecular formula is C23H22BrClN2O4S. The predicted molar refractivity (Wildman–Crippen MR) is 130 cm³/mol. The van der Waals surface area contributed by atoms with E-state index in [0.29, 0.717) is 5.69 Å². The van der Waals surface area contributed by atoms with Gasteiger partial charge in [-0.1, -0.05) is 57.9 Å². The summed E-state index contributed by atoms with van der Waals surface area (Å²) in [6.07, 6.45) is 0.160. The van der Waals surface area contributed by atoms with Crippen LogP contribution in [0.1, 0.15) is 12.5 Å². The minimum absolute atomic E-state index is 0.124. The third-order valence-corrected chi connectivity index (χ3v) is 6.76. The van der Waals surface area contributed by atoms with E-state index in [0.717, 1.165) is 10.0 Å². The number of amides is 1. The summed E-state index contributed by atoms with van der Waals surface area (Å²) in [5.74, 6) is -0.323. The predicted octanol–water partition coefficient (Wildman–Crippen LogP) is 5.03. The minimum atomic E-state index is -4.13. The van der Waals surface area contributed by atoms with Crippen LogP contribution in [-0.2, 0) is 21.2 Å². The van der Waals surface area contributed by atoms with E-state index < -0.39 is 22.0 Å². The fraction of sp³-hybridized carbons (Fsp3) is 0.174. The number of anilines is 1. The monoisotopic (exact) mass is 536 g/mol. The van der Waals surface area contributed by atoms with Gasteiger partial charge in [-0.2, -0.15) is 4.72 Å². The van der Waals surface area contributed by atoms with Crippen LogP contribution in [0, 0.1) is 0 Å². The van der Waals surface area contributed by atoms with E-state index in [-0.39, 0.29) is 28.7 Å². The molecular weight excluding hydrogens is 516 g/mol. The Hall–Kier alpha value is -2.39. The molecule has 3 rings (SSSR count). The van der Waals surface area contributed by atoms with E-state index in [4.69, 9.17) is 16.3 Å². The van der Waals surface area contributed by atoms with Crippen molar-refractivity contribution in [1.82, 2.24) is 4.72 Å². The lowest BCUT2D eigenvalue weighted by Crippen LogP contribution is -2.45. The molecule has 0 radical (unpaired) electrons. The van der Waals surface area contributed by atoms with Crippen molar-refractivity contribution in [2.75, 3.05) is 11.9 Å². The first-order valence-corrected chi connectivity index (χ1v) is 12.5. The van der Waals surface area contributed by atoms with E-state index >= 15 is 0 Å². The molecule has 0 heterocycles. The van der Waals surface area contributed by atoms with Crippen molar-refractivity contribution in [2.24, 2.45) is 0 Å². The normalized spacial score (nSPS) is 12.2. The second-order valence-electron chi connectivity index (χ2n) is 6.88. The van der Waals surface area contributed by atoms with Gasteiger partial charge >= 0.3 is 0 Å². The largest absolute Gasteiger partial charge is 0.492 e. The van der Waals surface area contributed by atoms with Gasteiger partial charge in [-0.25, -0.2) is 8.42 Å². The molecule has 0 aliphatic rings. The Labute approximate surface area is 201 Å². The smallest absolute Gasteiger partial charge is 0.245 e. The Morgan fingerprint density at radius 2 is 1.75 bits per heavy atom. The maximum atomic E-state index is 13.2. The van der Waals surface area contributed by atoms with Crippen LogP contribution in [0.3, 0.4) is 0 Å². The van der Waals surface area contributed by atoms with E-state index in [1.165, 1.54) is 12.1 Å². The quantitative estimate of drug-likeness (QED) is 0.401. The number of carbonyl (C=O) groups excluding carboxylic acids is 1. The summed E-state index contributed by atoms with van der Waals surface area (Å²) in [6, 6.07) is 19.5. The van der Waals surface area contributed by atoms with Crippen molar-refractivity contribution < 1.29 is 17.9 Å². The molecule has 0 fully saturated rings. The highest BCUT2D eigenvalue weighted by Crippen LogP contribution is 2.28. The molecule has 32 heavy (non-hydrogen) atoms. The SMILES string of the molecule is CCOc1ccc(Cl)cc1S(=O)(=O)NC(Cc1ccccc1)C(=O)Nc1ccc(Br)cc1. The molecule has 0 aromatic heterocycles. The molecule has 0 bridgehead atoms. The Balaban J connectivity index is 1.91. The van der Waals surface area contributed by atoms with Crippen molar-refractivity contribution in [3.63, 3.8) is 0 Å². The van der Waals surface area contributed by atoms with Gasteiger partial charge in [0.15, 0.2) is 0 Å². The zero-order valence-electron chi connectivity index (χ0n) is 17.2. The zero-order chi connectivity index (χ0) is 23.1. The molecule has 0 aliphatic heterocycles. The summed E-state index contributed by atoms with van der Waals surface area (Å²) in [5, 5.41) is 3.01. The Morgan fingerprint density at radius 3 is 2.41 bits per heavy atom. The summed E-state index contributed by atoms with van der Waals surface area (Å²) < 4.78 is 35.3. The number of sulfonamides is 1. The average Bonchev–Trinajstić information content (AvgIpc) is 2.77. The number of carbonyl (C=O) groups is 1. The fourth-order valence-corrected chi connectivity index (χ4v) is 4.88. The number of hydrogen-bond donors (Lipinski definition) is 2. The number of halogens is 2. The Kier molecular flexibility index (Phi) is 8.31. The molecule has 2 N–H and O–H groups in total. The standard InChI is InChI=1S/C23H22BrClN2O4S/c1-2-31-21-13-10-18(25)15-22(21)32(29,30)27-20(14-16-6-4-3-5-7-16)23(28)26-19-11-8-17(24)9-12-19/h3-13,15,20,27H,2,14H2,1H3,(H,26,28). The first kappa shape index (κ1) is 24.3. The van der Waals surface area contributed by atoms with Gasteiger partial charge in [-0.3, -0.25) is 4.79 Å². The molecule has 0 saturated carbocycles. The Bertz CT molecular complexity index is 1170. The van der Waals surface area contributed by atoms with Crippen molar-refractivity contribution in [3.05, 3.63) is 87.9 Å². The first-order chi connectivity index (χ1) is 15.3. The lowest BCUT2D eigenvalue weighted by Gasteiger charge is -2.20. The number of hydrogen-bond acceptors (Lipinski definition) is 4. The summed E-state index contributed by atoms with van der Waals surface area (Å²) in [6.45, 7) is 2.03. The van der Waals surface area contributed by atoms with E-state index in [1.54, 1.807) is 37.3 Å². The molecule has 1 amide bonds. The molecule has 1 unspecified atom stereocenters. The van der Waals surface area contributed by atoms with Crippen LogP contribution in [0.25, 0.3) is 0 Å². The number of benzene rings is 3. The molecule has 0 aliphatic carbocycles. The summed E-state index contributed by atoms with van der Waals surface area (Å²) in [5.41, 5.74) is 1.36. The number of nitrogens with one attached hydrogen (secondary N) is 2. The molecule has 3 aromatic carbocycles. The topological polar surface area (TPSA) is 84.5 Å². The van der Waals surface area contributed by atoms with Crippen LogP contribution in [0.4, 0.5) is 5.69 Å². The summed E-state index contributed by atoms with van der Waals surface area (Å²) in [4.78, 5) is 13.0. The van der Waals surface area contributed by atoms with E-state index in [1.807, 2.05) is 30.3 Å². The molecule has 0 spiro atoms. The van der Waals surface area contributed by atoms with Gasteiger partial charge in [-0.15, -0.1) is 0 Å². The third-order valence-electron chi connectivity index (χ3n) is 4.50. The van der Waals surface area contributed by atoms with E-state index in [2.05, 4.69) is 26.0 Å².